The lowest BCUT2D eigenvalue weighted by molar-refractivity contribution is 0.887. The molecule has 0 heterocycles. The summed E-state index contributed by atoms with van der Waals surface area (Å²) >= 11 is 0. The van der Waals surface area contributed by atoms with Crippen molar-refractivity contribution in [1.82, 2.24) is 0 Å². The Balaban J connectivity index is 2.39. The number of benzene rings is 1. The average Bonchev–Trinajstić information content (AvgIpc) is 2.07. The van der Waals surface area contributed by atoms with Crippen molar-refractivity contribution in [2.75, 3.05) is 13.6 Å². The molecule has 0 aliphatic carbocycles. The van der Waals surface area contributed by atoms with Crippen LogP contribution in [-0.2, 0) is 6.42 Å². The van der Waals surface area contributed by atoms with Crippen LogP contribution < -0.4 is 0 Å². The number of hydrogen-bond acceptors (Lipinski definition) is 2. The van der Waals surface area contributed by atoms with E-state index < -0.39 is 0 Å². The van der Waals surface area contributed by atoms with Gasteiger partial charge in [-0.15, -0.1) is 0 Å². The van der Waals surface area contributed by atoms with Gasteiger partial charge in [0, 0.05) is 7.05 Å². The number of nitrogens with zero attached hydrogens (tertiary/aromatic N) is 2. The Labute approximate surface area is 67.0 Å². The van der Waals surface area contributed by atoms with E-state index >= 15 is 0 Å². The number of azo groups is 1. The molecular weight excluding hydrogens is 136 g/mol. The van der Waals surface area contributed by atoms with Crippen molar-refractivity contribution in [3.05, 3.63) is 35.9 Å². The van der Waals surface area contributed by atoms with Gasteiger partial charge in [-0.3, -0.25) is 0 Å². The first kappa shape index (κ1) is 7.92. The van der Waals surface area contributed by atoms with Crippen LogP contribution in [0.25, 0.3) is 0 Å². The summed E-state index contributed by atoms with van der Waals surface area (Å²) in [5, 5.41) is 7.57. The summed E-state index contributed by atoms with van der Waals surface area (Å²) in [7, 11) is 1.70. The van der Waals surface area contributed by atoms with Gasteiger partial charge >= 0.3 is 0 Å². The van der Waals surface area contributed by atoms with Crippen molar-refractivity contribution in [2.45, 2.75) is 6.42 Å². The summed E-state index contributed by atoms with van der Waals surface area (Å²) in [4.78, 5) is 0. The molecule has 0 aliphatic rings. The highest BCUT2D eigenvalue weighted by atomic mass is 15.1. The van der Waals surface area contributed by atoms with Gasteiger partial charge < -0.3 is 0 Å². The van der Waals surface area contributed by atoms with E-state index in [1.54, 1.807) is 7.05 Å². The third kappa shape index (κ3) is 2.94. The van der Waals surface area contributed by atoms with Gasteiger partial charge in [0.15, 0.2) is 0 Å². The molecule has 0 radical (unpaired) electrons. The highest BCUT2D eigenvalue weighted by Gasteiger charge is 1.87. The second-order valence-corrected chi connectivity index (χ2v) is 2.30. The summed E-state index contributed by atoms with van der Waals surface area (Å²) in [6.07, 6.45) is 0.984. The van der Waals surface area contributed by atoms with Gasteiger partial charge in [-0.25, -0.2) is 0 Å². The van der Waals surface area contributed by atoms with Crippen LogP contribution in [0.5, 0.6) is 0 Å². The second kappa shape index (κ2) is 4.61. The maximum atomic E-state index is 3.89. The van der Waals surface area contributed by atoms with E-state index in [9.17, 15) is 0 Å². The molecule has 0 fully saturated rings. The van der Waals surface area contributed by atoms with Crippen LogP contribution in [0.4, 0.5) is 0 Å². The minimum absolute atomic E-state index is 0.792. The molecule has 11 heavy (non-hydrogen) atoms. The first-order chi connectivity index (χ1) is 5.43. The third-order valence-corrected chi connectivity index (χ3v) is 1.48. The van der Waals surface area contributed by atoms with Crippen molar-refractivity contribution < 1.29 is 0 Å². The predicted molar refractivity (Wildman–Crippen MR) is 45.8 cm³/mol. The molecule has 0 aromatic heterocycles. The molecule has 0 atom stereocenters. The van der Waals surface area contributed by atoms with Crippen molar-refractivity contribution in [3.63, 3.8) is 0 Å². The second-order valence-electron chi connectivity index (χ2n) is 2.30. The zero-order chi connectivity index (χ0) is 7.94. The van der Waals surface area contributed by atoms with Crippen molar-refractivity contribution >= 4 is 0 Å². The van der Waals surface area contributed by atoms with E-state index in [1.807, 2.05) is 18.2 Å². The van der Waals surface area contributed by atoms with Gasteiger partial charge in [0.25, 0.3) is 0 Å². The first-order valence-corrected chi connectivity index (χ1v) is 3.73. The van der Waals surface area contributed by atoms with Gasteiger partial charge in [-0.2, -0.15) is 10.2 Å². The van der Waals surface area contributed by atoms with Crippen LogP contribution in [0.2, 0.25) is 0 Å². The molecule has 0 N–H and O–H groups in total. The summed E-state index contributed by atoms with van der Waals surface area (Å²) in [6, 6.07) is 10.3. The van der Waals surface area contributed by atoms with Gasteiger partial charge in [0.05, 0.1) is 6.54 Å². The Hall–Kier alpha value is -1.18. The maximum absolute atomic E-state index is 3.89. The van der Waals surface area contributed by atoms with E-state index in [4.69, 9.17) is 0 Å². The molecule has 58 valence electrons. The monoisotopic (exact) mass is 148 g/mol. The molecule has 0 unspecified atom stereocenters. The smallest absolute Gasteiger partial charge is 0.0639 e. The van der Waals surface area contributed by atoms with Crippen molar-refractivity contribution in [1.29, 1.82) is 0 Å². The fraction of sp³-hybridized carbons (Fsp3) is 0.333. The van der Waals surface area contributed by atoms with Crippen LogP contribution in [-0.4, -0.2) is 13.6 Å². The Kier molecular flexibility index (Phi) is 3.32. The molecule has 0 saturated carbocycles. The fourth-order valence-corrected chi connectivity index (χ4v) is 0.924. The zero-order valence-corrected chi connectivity index (χ0v) is 6.70. The summed E-state index contributed by atoms with van der Waals surface area (Å²) < 4.78 is 0. The van der Waals surface area contributed by atoms with Crippen molar-refractivity contribution in [2.24, 2.45) is 10.2 Å². The molecular formula is C9H12N2. The quantitative estimate of drug-likeness (QED) is 0.588. The van der Waals surface area contributed by atoms with Gasteiger partial charge in [-0.1, -0.05) is 30.3 Å². The molecule has 0 spiro atoms. The lowest BCUT2D eigenvalue weighted by Gasteiger charge is -1.94. The third-order valence-electron chi connectivity index (χ3n) is 1.48. The highest BCUT2D eigenvalue weighted by Crippen LogP contribution is 1.98. The zero-order valence-electron chi connectivity index (χ0n) is 6.70. The molecule has 2 nitrogen and oxygen atoms in total. The summed E-state index contributed by atoms with van der Waals surface area (Å²) in [5.41, 5.74) is 1.32. The topological polar surface area (TPSA) is 24.7 Å². The Morgan fingerprint density at radius 1 is 1.18 bits per heavy atom. The van der Waals surface area contributed by atoms with Crippen LogP contribution in [0.1, 0.15) is 5.56 Å². The summed E-state index contributed by atoms with van der Waals surface area (Å²) in [5.74, 6) is 0. The van der Waals surface area contributed by atoms with Gasteiger partial charge in [-0.05, 0) is 12.0 Å². The summed E-state index contributed by atoms with van der Waals surface area (Å²) in [6.45, 7) is 0.792. The molecule has 1 aromatic carbocycles. The molecule has 0 saturated heterocycles. The molecule has 1 rings (SSSR count). The minimum Gasteiger partial charge on any atom is -0.198 e. The largest absolute Gasteiger partial charge is 0.198 e. The molecule has 0 amide bonds. The Morgan fingerprint density at radius 3 is 2.55 bits per heavy atom. The Bertz CT molecular complexity index is 216. The van der Waals surface area contributed by atoms with E-state index in [0.29, 0.717) is 0 Å². The van der Waals surface area contributed by atoms with Gasteiger partial charge in [0.1, 0.15) is 0 Å². The SMILES string of the molecule is C/N=N/CCc1ccccc1. The van der Waals surface area contributed by atoms with Gasteiger partial charge in [0.2, 0.25) is 0 Å². The number of hydrogen-bond donors (Lipinski definition) is 0. The minimum atomic E-state index is 0.792. The van der Waals surface area contributed by atoms with Crippen LogP contribution >= 0.6 is 0 Å². The van der Waals surface area contributed by atoms with E-state index in [2.05, 4.69) is 22.4 Å². The van der Waals surface area contributed by atoms with Crippen LogP contribution in [0.15, 0.2) is 40.6 Å². The van der Waals surface area contributed by atoms with Crippen molar-refractivity contribution in [3.8, 4) is 0 Å². The highest BCUT2D eigenvalue weighted by molar-refractivity contribution is 5.14. The Morgan fingerprint density at radius 2 is 1.91 bits per heavy atom. The normalized spacial score (nSPS) is 10.6. The lowest BCUT2D eigenvalue weighted by Crippen LogP contribution is -1.86. The van der Waals surface area contributed by atoms with E-state index in [-0.39, 0.29) is 0 Å². The van der Waals surface area contributed by atoms with Crippen LogP contribution in [0, 0.1) is 0 Å². The maximum Gasteiger partial charge on any atom is 0.0639 e. The van der Waals surface area contributed by atoms with E-state index in [1.165, 1.54) is 5.56 Å². The molecule has 2 heteroatoms. The van der Waals surface area contributed by atoms with E-state index in [0.717, 1.165) is 13.0 Å². The molecule has 0 bridgehead atoms. The predicted octanol–water partition coefficient (Wildman–Crippen LogP) is 2.31. The fourth-order valence-electron chi connectivity index (χ4n) is 0.924. The first-order valence-electron chi connectivity index (χ1n) is 3.73. The lowest BCUT2D eigenvalue weighted by atomic mass is 10.2. The average molecular weight is 148 g/mol. The number of rotatable bonds is 3. The molecule has 0 aliphatic heterocycles. The standard InChI is InChI=1S/C9H12N2/c1-10-11-8-7-9-5-3-2-4-6-9/h2-6H,7-8H2,1H3/b11-10+. The van der Waals surface area contributed by atoms with Crippen LogP contribution in [0.3, 0.4) is 0 Å². The molecule has 1 aromatic rings.